The normalized spacial score (nSPS) is 11.0. The number of aliphatic imine (C=N–C) groups is 1. The second-order valence-corrected chi connectivity index (χ2v) is 6.69. The van der Waals surface area contributed by atoms with Crippen molar-refractivity contribution >= 4 is 23.5 Å². The fourth-order valence-corrected chi connectivity index (χ4v) is 2.81. The predicted molar refractivity (Wildman–Crippen MR) is 120 cm³/mol. The number of nitrogens with one attached hydrogen (secondary N) is 2. The number of rotatable bonds is 6. The van der Waals surface area contributed by atoms with Gasteiger partial charge in [0.05, 0.1) is 24.9 Å². The zero-order chi connectivity index (χ0) is 22.1. The number of aromatic nitrogens is 1. The molecule has 31 heavy (non-hydrogen) atoms. The number of benzene rings is 2. The highest BCUT2D eigenvalue weighted by Crippen LogP contribution is 2.12. The average Bonchev–Trinajstić information content (AvgIpc) is 2.82. The van der Waals surface area contributed by atoms with Gasteiger partial charge in [-0.15, -0.1) is 0 Å². The summed E-state index contributed by atoms with van der Waals surface area (Å²) >= 11 is 0. The number of aryl methyl sites for hydroxylation is 1. The Bertz CT molecular complexity index is 1060. The molecule has 0 aliphatic heterocycles. The van der Waals surface area contributed by atoms with Crippen LogP contribution in [0.25, 0.3) is 0 Å². The molecule has 0 saturated heterocycles. The van der Waals surface area contributed by atoms with Crippen molar-refractivity contribution in [3.63, 3.8) is 0 Å². The van der Waals surface area contributed by atoms with Gasteiger partial charge in [-0.25, -0.2) is 9.79 Å². The zero-order valence-electron chi connectivity index (χ0n) is 17.5. The van der Waals surface area contributed by atoms with Crippen molar-refractivity contribution in [2.75, 3.05) is 12.4 Å². The standard InChI is InChI=1S/C24H24N4O3/c1-3-17-10-12-18(13-11-17)22(29)28-24(26-16-21-8-4-5-14-25-21)27-20-9-6-7-19(15-20)23(30)31-2/h4-15H,3,16H2,1-2H3,(H2,26,27,28,29). The summed E-state index contributed by atoms with van der Waals surface area (Å²) in [5, 5.41) is 5.88. The molecule has 3 rings (SSSR count). The smallest absolute Gasteiger partial charge is 0.337 e. The monoisotopic (exact) mass is 416 g/mol. The minimum atomic E-state index is -0.448. The molecule has 0 radical (unpaired) electrons. The summed E-state index contributed by atoms with van der Waals surface area (Å²) in [6.45, 7) is 2.33. The molecule has 0 bridgehead atoms. The van der Waals surface area contributed by atoms with Crippen LogP contribution in [0, 0.1) is 0 Å². The van der Waals surface area contributed by atoms with Crippen molar-refractivity contribution in [3.8, 4) is 0 Å². The maximum Gasteiger partial charge on any atom is 0.337 e. The van der Waals surface area contributed by atoms with Crippen LogP contribution in [0.3, 0.4) is 0 Å². The molecule has 0 spiro atoms. The Morgan fingerprint density at radius 3 is 2.48 bits per heavy atom. The van der Waals surface area contributed by atoms with E-state index in [2.05, 4.69) is 27.5 Å². The number of pyridine rings is 1. The first-order valence-corrected chi connectivity index (χ1v) is 9.89. The average molecular weight is 416 g/mol. The molecule has 0 aliphatic rings. The molecule has 7 nitrogen and oxygen atoms in total. The molecule has 7 heteroatoms. The van der Waals surface area contributed by atoms with Gasteiger partial charge in [-0.05, 0) is 54.4 Å². The summed E-state index contributed by atoms with van der Waals surface area (Å²) in [6, 6.07) is 19.7. The topological polar surface area (TPSA) is 92.7 Å². The Morgan fingerprint density at radius 2 is 1.81 bits per heavy atom. The molecule has 0 aliphatic carbocycles. The highest BCUT2D eigenvalue weighted by Gasteiger charge is 2.11. The van der Waals surface area contributed by atoms with E-state index in [1.807, 2.05) is 30.3 Å². The maximum absolute atomic E-state index is 12.8. The fraction of sp³-hybridized carbons (Fsp3) is 0.167. The number of hydrogen-bond acceptors (Lipinski definition) is 5. The van der Waals surface area contributed by atoms with Gasteiger partial charge in [0.25, 0.3) is 5.91 Å². The van der Waals surface area contributed by atoms with Gasteiger partial charge in [-0.3, -0.25) is 15.1 Å². The van der Waals surface area contributed by atoms with Gasteiger partial charge in [0.15, 0.2) is 0 Å². The number of esters is 1. The van der Waals surface area contributed by atoms with E-state index in [1.54, 1.807) is 42.6 Å². The lowest BCUT2D eigenvalue weighted by Crippen LogP contribution is -2.36. The zero-order valence-corrected chi connectivity index (χ0v) is 17.5. The first-order chi connectivity index (χ1) is 15.1. The molecule has 1 amide bonds. The van der Waals surface area contributed by atoms with E-state index >= 15 is 0 Å². The van der Waals surface area contributed by atoms with Crippen LogP contribution >= 0.6 is 0 Å². The Balaban J connectivity index is 1.82. The van der Waals surface area contributed by atoms with Gasteiger partial charge >= 0.3 is 5.97 Å². The number of ether oxygens (including phenoxy) is 1. The number of carbonyl (C=O) groups is 2. The lowest BCUT2D eigenvalue weighted by molar-refractivity contribution is 0.0600. The van der Waals surface area contributed by atoms with Crippen molar-refractivity contribution in [3.05, 3.63) is 95.3 Å². The third-order valence-corrected chi connectivity index (χ3v) is 4.53. The molecule has 0 atom stereocenters. The van der Waals surface area contributed by atoms with E-state index < -0.39 is 5.97 Å². The van der Waals surface area contributed by atoms with Crippen molar-refractivity contribution in [1.29, 1.82) is 0 Å². The van der Waals surface area contributed by atoms with Crippen molar-refractivity contribution in [2.24, 2.45) is 4.99 Å². The quantitative estimate of drug-likeness (QED) is 0.362. The molecular formula is C24H24N4O3. The van der Waals surface area contributed by atoms with Crippen molar-refractivity contribution in [1.82, 2.24) is 10.3 Å². The van der Waals surface area contributed by atoms with E-state index in [0.29, 0.717) is 16.8 Å². The maximum atomic E-state index is 12.8. The molecule has 3 aromatic rings. The summed E-state index contributed by atoms with van der Waals surface area (Å²) < 4.78 is 4.77. The predicted octanol–water partition coefficient (Wildman–Crippen LogP) is 3.83. The highest BCUT2D eigenvalue weighted by atomic mass is 16.5. The van der Waals surface area contributed by atoms with Crippen molar-refractivity contribution < 1.29 is 14.3 Å². The van der Waals surface area contributed by atoms with Crippen LogP contribution in [0.1, 0.15) is 38.9 Å². The summed E-state index contributed by atoms with van der Waals surface area (Å²) in [4.78, 5) is 33.3. The SMILES string of the molecule is CCc1ccc(C(=O)NC(=NCc2ccccn2)Nc2cccc(C(=O)OC)c2)cc1. The first-order valence-electron chi connectivity index (χ1n) is 9.89. The molecule has 0 unspecified atom stereocenters. The Morgan fingerprint density at radius 1 is 1.00 bits per heavy atom. The highest BCUT2D eigenvalue weighted by molar-refractivity contribution is 6.10. The van der Waals surface area contributed by atoms with Crippen LogP contribution in [-0.4, -0.2) is 29.9 Å². The van der Waals surface area contributed by atoms with E-state index in [4.69, 9.17) is 4.74 Å². The summed E-state index contributed by atoms with van der Waals surface area (Å²) in [6.07, 6.45) is 2.59. The Labute approximate surface area is 181 Å². The van der Waals surface area contributed by atoms with E-state index in [0.717, 1.165) is 17.7 Å². The van der Waals surface area contributed by atoms with Crippen LogP contribution in [0.15, 0.2) is 77.9 Å². The third-order valence-electron chi connectivity index (χ3n) is 4.53. The second-order valence-electron chi connectivity index (χ2n) is 6.69. The van der Waals surface area contributed by atoms with Crippen molar-refractivity contribution in [2.45, 2.75) is 19.9 Å². The van der Waals surface area contributed by atoms with Crippen LogP contribution in [-0.2, 0) is 17.7 Å². The van der Waals surface area contributed by atoms with E-state index in [9.17, 15) is 9.59 Å². The second kappa shape index (κ2) is 10.7. The number of guanidine groups is 1. The summed E-state index contributed by atoms with van der Waals surface area (Å²) in [5.41, 5.74) is 3.40. The molecule has 2 N–H and O–H groups in total. The molecule has 1 heterocycles. The number of methoxy groups -OCH3 is 1. The lowest BCUT2D eigenvalue weighted by Gasteiger charge is -2.13. The number of nitrogens with zero attached hydrogens (tertiary/aromatic N) is 2. The minimum Gasteiger partial charge on any atom is -0.465 e. The number of hydrogen-bond donors (Lipinski definition) is 2. The number of carbonyl (C=O) groups excluding carboxylic acids is 2. The van der Waals surface area contributed by atoms with Gasteiger partial charge in [-0.2, -0.15) is 0 Å². The molecule has 2 aromatic carbocycles. The van der Waals surface area contributed by atoms with Crippen LogP contribution in [0.5, 0.6) is 0 Å². The first kappa shape index (κ1) is 21.7. The minimum absolute atomic E-state index is 0.247. The third kappa shape index (κ3) is 6.24. The molecule has 1 aromatic heterocycles. The fourth-order valence-electron chi connectivity index (χ4n) is 2.81. The van der Waals surface area contributed by atoms with Gasteiger partial charge in [0.2, 0.25) is 5.96 Å². The van der Waals surface area contributed by atoms with Crippen LogP contribution in [0.2, 0.25) is 0 Å². The van der Waals surface area contributed by atoms with Crippen LogP contribution in [0.4, 0.5) is 5.69 Å². The van der Waals surface area contributed by atoms with Gasteiger partial charge in [0.1, 0.15) is 0 Å². The van der Waals surface area contributed by atoms with Gasteiger partial charge < -0.3 is 10.1 Å². The van der Waals surface area contributed by atoms with Crippen LogP contribution < -0.4 is 10.6 Å². The number of amides is 1. The Hall–Kier alpha value is -4.00. The van der Waals surface area contributed by atoms with Gasteiger partial charge in [0, 0.05) is 17.4 Å². The molecule has 0 saturated carbocycles. The van der Waals surface area contributed by atoms with E-state index in [1.165, 1.54) is 7.11 Å². The number of anilines is 1. The summed E-state index contributed by atoms with van der Waals surface area (Å²) in [5.74, 6) is -0.494. The molecule has 158 valence electrons. The van der Waals surface area contributed by atoms with E-state index in [-0.39, 0.29) is 18.4 Å². The molecular weight excluding hydrogens is 392 g/mol. The largest absolute Gasteiger partial charge is 0.465 e. The lowest BCUT2D eigenvalue weighted by atomic mass is 10.1. The Kier molecular flexibility index (Phi) is 7.48. The van der Waals surface area contributed by atoms with Gasteiger partial charge in [-0.1, -0.05) is 31.2 Å². The summed E-state index contributed by atoms with van der Waals surface area (Å²) in [7, 11) is 1.33. The molecule has 0 fully saturated rings.